The number of rotatable bonds is 5. The minimum atomic E-state index is -0.527. The Morgan fingerprint density at radius 1 is 0.824 bits per heavy atom. The molecule has 6 nitrogen and oxygen atoms in total. The summed E-state index contributed by atoms with van der Waals surface area (Å²) in [4.78, 5) is 30.3. The lowest BCUT2D eigenvalue weighted by Gasteiger charge is -2.09. The average Bonchev–Trinajstić information content (AvgIpc) is 3.21. The van der Waals surface area contributed by atoms with Gasteiger partial charge in [0.15, 0.2) is 0 Å². The fourth-order valence-corrected chi connectivity index (χ4v) is 4.81. The summed E-state index contributed by atoms with van der Waals surface area (Å²) in [6.45, 7) is 0. The second kappa shape index (κ2) is 8.80. The fourth-order valence-electron chi connectivity index (χ4n) is 3.80. The Bertz CT molecular complexity index is 1510. The molecule has 0 saturated heterocycles. The van der Waals surface area contributed by atoms with Crippen LogP contribution in [-0.4, -0.2) is 16.8 Å². The summed E-state index contributed by atoms with van der Waals surface area (Å²) in [6, 6.07) is 28.2. The van der Waals surface area contributed by atoms with Gasteiger partial charge < -0.3 is 16.8 Å². The predicted molar refractivity (Wildman–Crippen MR) is 138 cm³/mol. The number of aromatic nitrogens is 1. The van der Waals surface area contributed by atoms with Crippen molar-refractivity contribution < 1.29 is 9.59 Å². The van der Waals surface area contributed by atoms with E-state index in [-0.39, 0.29) is 5.91 Å². The van der Waals surface area contributed by atoms with E-state index in [0.29, 0.717) is 26.6 Å². The molecule has 5 rings (SSSR count). The predicted octanol–water partition coefficient (Wildman–Crippen LogP) is 5.56. The summed E-state index contributed by atoms with van der Waals surface area (Å²) in [5, 5.41) is 3.60. The van der Waals surface area contributed by atoms with Crippen LogP contribution in [0.2, 0.25) is 0 Å². The Morgan fingerprint density at radius 3 is 2.06 bits per heavy atom. The molecular weight excluding hydrogens is 444 g/mol. The highest BCUT2D eigenvalue weighted by Gasteiger charge is 2.22. The summed E-state index contributed by atoms with van der Waals surface area (Å²) in [5.74, 6) is -0.868. The zero-order valence-electron chi connectivity index (χ0n) is 18.0. The molecule has 0 saturated carbocycles. The van der Waals surface area contributed by atoms with Gasteiger partial charge in [-0.25, -0.2) is 4.98 Å². The molecule has 0 atom stereocenters. The first-order valence-corrected chi connectivity index (χ1v) is 11.4. The fraction of sp³-hybridized carbons (Fsp3) is 0. The van der Waals surface area contributed by atoms with Gasteiger partial charge in [0.1, 0.15) is 9.71 Å². The summed E-state index contributed by atoms with van der Waals surface area (Å²) in [7, 11) is 0. The number of amides is 2. The van der Waals surface area contributed by atoms with Gasteiger partial charge in [-0.3, -0.25) is 9.59 Å². The number of anilines is 2. The molecule has 0 radical (unpaired) electrons. The van der Waals surface area contributed by atoms with Crippen LogP contribution < -0.4 is 16.8 Å². The van der Waals surface area contributed by atoms with Gasteiger partial charge in [0, 0.05) is 22.2 Å². The molecule has 5 N–H and O–H groups in total. The minimum Gasteiger partial charge on any atom is -0.397 e. The van der Waals surface area contributed by atoms with Gasteiger partial charge in [0.05, 0.1) is 11.4 Å². The van der Waals surface area contributed by atoms with E-state index in [1.807, 2.05) is 66.7 Å². The van der Waals surface area contributed by atoms with Crippen LogP contribution in [0.1, 0.15) is 20.0 Å². The van der Waals surface area contributed by atoms with Gasteiger partial charge in [0.2, 0.25) is 5.91 Å². The van der Waals surface area contributed by atoms with Crippen LogP contribution in [0.5, 0.6) is 0 Å². The number of hydrogen-bond donors (Lipinski definition) is 3. The van der Waals surface area contributed by atoms with Crippen LogP contribution >= 0.6 is 11.3 Å². The first-order valence-electron chi connectivity index (χ1n) is 10.6. The van der Waals surface area contributed by atoms with Crippen LogP contribution in [0, 0.1) is 0 Å². The number of primary amides is 1. The molecule has 166 valence electrons. The van der Waals surface area contributed by atoms with E-state index in [1.165, 1.54) is 11.3 Å². The van der Waals surface area contributed by atoms with E-state index < -0.39 is 5.91 Å². The van der Waals surface area contributed by atoms with Crippen LogP contribution in [0.25, 0.3) is 32.6 Å². The zero-order chi connectivity index (χ0) is 23.7. The standard InChI is InChI=1S/C27H20N4O2S/c28-23-22-20(16-7-3-1-4-8-16)15-21(17-9-5-2-6-10-17)31-27(22)34-24(23)26(33)30-19-13-11-18(12-14-19)25(29)32/h1-15H,28H2,(H2,29,32)(H,30,33). The molecule has 0 fully saturated rings. The lowest BCUT2D eigenvalue weighted by Crippen LogP contribution is -2.13. The van der Waals surface area contributed by atoms with Crippen molar-refractivity contribution in [3.05, 3.63) is 101 Å². The average molecular weight is 465 g/mol. The number of nitrogens with two attached hydrogens (primary N) is 2. The smallest absolute Gasteiger partial charge is 0.267 e. The molecule has 7 heteroatoms. The maximum atomic E-state index is 13.1. The first-order chi connectivity index (χ1) is 16.5. The first kappa shape index (κ1) is 21.4. The topological polar surface area (TPSA) is 111 Å². The van der Waals surface area contributed by atoms with Crippen molar-refractivity contribution in [2.45, 2.75) is 0 Å². The van der Waals surface area contributed by atoms with Crippen molar-refractivity contribution in [2.24, 2.45) is 5.73 Å². The highest BCUT2D eigenvalue weighted by Crippen LogP contribution is 2.41. The number of nitrogens with zero attached hydrogens (tertiary/aromatic N) is 1. The number of carbonyl (C=O) groups excluding carboxylic acids is 2. The molecule has 5 aromatic rings. The Balaban J connectivity index is 1.61. The maximum Gasteiger partial charge on any atom is 0.267 e. The van der Waals surface area contributed by atoms with Crippen molar-refractivity contribution in [1.29, 1.82) is 0 Å². The number of hydrogen-bond acceptors (Lipinski definition) is 5. The van der Waals surface area contributed by atoms with Crippen molar-refractivity contribution in [3.63, 3.8) is 0 Å². The Hall–Kier alpha value is -4.49. The van der Waals surface area contributed by atoms with Gasteiger partial charge in [-0.05, 0) is 41.5 Å². The van der Waals surface area contributed by atoms with E-state index in [0.717, 1.165) is 27.8 Å². The second-order valence-electron chi connectivity index (χ2n) is 7.71. The quantitative estimate of drug-likeness (QED) is 0.316. The maximum absolute atomic E-state index is 13.1. The number of pyridine rings is 1. The van der Waals surface area contributed by atoms with Gasteiger partial charge in [-0.2, -0.15) is 0 Å². The van der Waals surface area contributed by atoms with Crippen LogP contribution in [0.15, 0.2) is 91.0 Å². The van der Waals surface area contributed by atoms with Gasteiger partial charge in [-0.1, -0.05) is 60.7 Å². The number of fused-ring (bicyclic) bond motifs is 1. The van der Waals surface area contributed by atoms with Crippen LogP contribution in [-0.2, 0) is 0 Å². The third-order valence-electron chi connectivity index (χ3n) is 5.49. The summed E-state index contributed by atoms with van der Waals surface area (Å²) >= 11 is 1.25. The van der Waals surface area contributed by atoms with Gasteiger partial charge in [0.25, 0.3) is 5.91 Å². The lowest BCUT2D eigenvalue weighted by molar-refractivity contribution is 0.0998. The molecule has 34 heavy (non-hydrogen) atoms. The minimum absolute atomic E-state index is 0.340. The number of nitrogen functional groups attached to an aromatic ring is 1. The third kappa shape index (κ3) is 4.00. The number of nitrogens with one attached hydrogen (secondary N) is 1. The molecular formula is C27H20N4O2S. The highest BCUT2D eigenvalue weighted by atomic mass is 32.1. The van der Waals surface area contributed by atoms with Crippen molar-refractivity contribution in [3.8, 4) is 22.4 Å². The lowest BCUT2D eigenvalue weighted by atomic mass is 9.99. The number of thiophene rings is 1. The van der Waals surface area contributed by atoms with Crippen molar-refractivity contribution in [1.82, 2.24) is 4.98 Å². The van der Waals surface area contributed by atoms with E-state index in [1.54, 1.807) is 24.3 Å². The Kier molecular flexibility index (Phi) is 5.53. The molecule has 2 heterocycles. The second-order valence-corrected chi connectivity index (χ2v) is 8.71. The van der Waals surface area contributed by atoms with Crippen LogP contribution in [0.3, 0.4) is 0 Å². The summed E-state index contributed by atoms with van der Waals surface area (Å²) in [5.41, 5.74) is 16.8. The van der Waals surface area contributed by atoms with E-state index >= 15 is 0 Å². The van der Waals surface area contributed by atoms with Gasteiger partial charge >= 0.3 is 0 Å². The Morgan fingerprint density at radius 2 is 1.44 bits per heavy atom. The van der Waals surface area contributed by atoms with Crippen LogP contribution in [0.4, 0.5) is 11.4 Å². The molecule has 0 bridgehead atoms. The molecule has 0 aliphatic rings. The highest BCUT2D eigenvalue weighted by molar-refractivity contribution is 7.21. The Labute approximate surface area is 199 Å². The largest absolute Gasteiger partial charge is 0.397 e. The van der Waals surface area contributed by atoms with Gasteiger partial charge in [-0.15, -0.1) is 11.3 Å². The van der Waals surface area contributed by atoms with E-state index in [2.05, 4.69) is 5.32 Å². The normalized spacial score (nSPS) is 10.8. The monoisotopic (exact) mass is 464 g/mol. The zero-order valence-corrected chi connectivity index (χ0v) is 18.8. The molecule has 2 amide bonds. The van der Waals surface area contributed by atoms with E-state index in [4.69, 9.17) is 16.5 Å². The third-order valence-corrected chi connectivity index (χ3v) is 6.59. The van der Waals surface area contributed by atoms with E-state index in [9.17, 15) is 9.59 Å². The SMILES string of the molecule is NC(=O)c1ccc(NC(=O)c2sc3nc(-c4ccccc4)cc(-c4ccccc4)c3c2N)cc1. The molecule has 2 aromatic heterocycles. The van der Waals surface area contributed by atoms with Crippen molar-refractivity contribution >= 4 is 44.7 Å². The number of carbonyl (C=O) groups is 2. The molecule has 3 aromatic carbocycles. The van der Waals surface area contributed by atoms with Crippen molar-refractivity contribution in [2.75, 3.05) is 11.1 Å². The molecule has 0 aliphatic heterocycles. The molecule has 0 unspecified atom stereocenters. The summed E-state index contributed by atoms with van der Waals surface area (Å²) < 4.78 is 0. The molecule has 0 spiro atoms. The summed E-state index contributed by atoms with van der Waals surface area (Å²) in [6.07, 6.45) is 0. The molecule has 0 aliphatic carbocycles. The number of benzene rings is 3.